The van der Waals surface area contributed by atoms with Crippen molar-refractivity contribution in [3.05, 3.63) is 41.2 Å². The molecule has 1 heterocycles. The number of hydrogen-bond donors (Lipinski definition) is 0. The molecule has 6 nitrogen and oxygen atoms in total. The van der Waals surface area contributed by atoms with Gasteiger partial charge in [-0.2, -0.15) is 9.97 Å². The van der Waals surface area contributed by atoms with E-state index < -0.39 is 5.97 Å². The van der Waals surface area contributed by atoms with Gasteiger partial charge in [-0.05, 0) is 30.5 Å². The molecule has 0 saturated carbocycles. The van der Waals surface area contributed by atoms with Gasteiger partial charge in [0.2, 0.25) is 11.8 Å². The van der Waals surface area contributed by atoms with Gasteiger partial charge in [-0.25, -0.2) is 0 Å². The quantitative estimate of drug-likeness (QED) is 0.756. The van der Waals surface area contributed by atoms with Crippen LogP contribution in [0.25, 0.3) is 0 Å². The predicted octanol–water partition coefficient (Wildman–Crippen LogP) is 3.42. The summed E-state index contributed by atoms with van der Waals surface area (Å²) in [4.78, 5) is 20.2. The molecule has 0 bridgehead atoms. The highest BCUT2D eigenvalue weighted by Gasteiger charge is 2.20. The van der Waals surface area contributed by atoms with Crippen molar-refractivity contribution in [1.29, 1.82) is 0 Å². The average molecular weight is 330 g/mol. The minimum Gasteiger partial charge on any atom is -0.481 e. The molecule has 2 rings (SSSR count). The number of carbonyl (C=O) groups is 1. The lowest BCUT2D eigenvalue weighted by Crippen LogP contribution is -2.10. The van der Waals surface area contributed by atoms with E-state index in [1.807, 2.05) is 24.3 Å². The lowest BCUT2D eigenvalue weighted by molar-refractivity contribution is -0.139. The number of benzene rings is 1. The Morgan fingerprint density at radius 2 is 1.88 bits per heavy atom. The number of esters is 1. The predicted molar refractivity (Wildman–Crippen MR) is 89.6 cm³/mol. The van der Waals surface area contributed by atoms with Gasteiger partial charge >= 0.3 is 5.97 Å². The molecule has 128 valence electrons. The zero-order chi connectivity index (χ0) is 17.7. The molecule has 0 amide bonds. The van der Waals surface area contributed by atoms with Crippen LogP contribution in [-0.4, -0.2) is 30.2 Å². The summed E-state index contributed by atoms with van der Waals surface area (Å²) in [5.74, 6) is 1.71. The first kappa shape index (κ1) is 17.7. The van der Waals surface area contributed by atoms with Gasteiger partial charge < -0.3 is 14.2 Å². The van der Waals surface area contributed by atoms with E-state index in [0.29, 0.717) is 34.8 Å². The summed E-state index contributed by atoms with van der Waals surface area (Å²) in [6.07, 6.45) is -0.0286. The van der Waals surface area contributed by atoms with Gasteiger partial charge in [-0.3, -0.25) is 4.79 Å². The SMILES string of the molecule is COC(=O)Cc1c(OC)nc(C)nc1Oc1cccc(C(C)C)c1. The Bertz CT molecular complexity index is 729. The van der Waals surface area contributed by atoms with Crippen LogP contribution in [0, 0.1) is 6.92 Å². The molecule has 1 aromatic carbocycles. The van der Waals surface area contributed by atoms with Gasteiger partial charge in [-0.15, -0.1) is 0 Å². The minimum atomic E-state index is -0.415. The number of methoxy groups -OCH3 is 2. The molecule has 24 heavy (non-hydrogen) atoms. The fourth-order valence-corrected chi connectivity index (χ4v) is 2.22. The van der Waals surface area contributed by atoms with Crippen LogP contribution in [0.5, 0.6) is 17.5 Å². The van der Waals surface area contributed by atoms with Crippen molar-refractivity contribution in [1.82, 2.24) is 9.97 Å². The summed E-state index contributed by atoms with van der Waals surface area (Å²) in [6.45, 7) is 5.96. The fraction of sp³-hybridized carbons (Fsp3) is 0.389. The van der Waals surface area contributed by atoms with Crippen LogP contribution in [0.2, 0.25) is 0 Å². The Morgan fingerprint density at radius 3 is 2.50 bits per heavy atom. The van der Waals surface area contributed by atoms with Crippen LogP contribution in [0.4, 0.5) is 0 Å². The number of ether oxygens (including phenoxy) is 3. The van der Waals surface area contributed by atoms with Gasteiger partial charge in [0.15, 0.2) is 0 Å². The van der Waals surface area contributed by atoms with Crippen molar-refractivity contribution < 1.29 is 19.0 Å². The number of carbonyl (C=O) groups excluding carboxylic acids is 1. The van der Waals surface area contributed by atoms with Gasteiger partial charge in [0.1, 0.15) is 11.6 Å². The van der Waals surface area contributed by atoms with Crippen molar-refractivity contribution in [3.63, 3.8) is 0 Å². The molecule has 0 aliphatic heterocycles. The van der Waals surface area contributed by atoms with Crippen LogP contribution in [-0.2, 0) is 16.0 Å². The molecule has 1 aromatic heterocycles. The normalized spacial score (nSPS) is 10.6. The van der Waals surface area contributed by atoms with E-state index >= 15 is 0 Å². The lowest BCUT2D eigenvalue weighted by atomic mass is 10.0. The average Bonchev–Trinajstić information content (AvgIpc) is 2.56. The van der Waals surface area contributed by atoms with Crippen molar-refractivity contribution in [2.45, 2.75) is 33.1 Å². The molecular formula is C18H22N2O4. The molecule has 2 aromatic rings. The molecule has 0 aliphatic carbocycles. The van der Waals surface area contributed by atoms with Crippen LogP contribution >= 0.6 is 0 Å². The highest BCUT2D eigenvalue weighted by atomic mass is 16.5. The van der Waals surface area contributed by atoms with E-state index in [4.69, 9.17) is 14.2 Å². The third-order valence-electron chi connectivity index (χ3n) is 3.52. The van der Waals surface area contributed by atoms with E-state index in [1.165, 1.54) is 14.2 Å². The van der Waals surface area contributed by atoms with Gasteiger partial charge in [0.25, 0.3) is 0 Å². The molecule has 0 atom stereocenters. The van der Waals surface area contributed by atoms with E-state index in [-0.39, 0.29) is 6.42 Å². The Morgan fingerprint density at radius 1 is 1.17 bits per heavy atom. The summed E-state index contributed by atoms with van der Waals surface area (Å²) in [5, 5.41) is 0. The third kappa shape index (κ3) is 4.22. The second-order valence-corrected chi connectivity index (χ2v) is 5.65. The first-order chi connectivity index (χ1) is 11.4. The van der Waals surface area contributed by atoms with Crippen molar-refractivity contribution in [3.8, 4) is 17.5 Å². The van der Waals surface area contributed by atoms with Crippen LogP contribution in [0.1, 0.15) is 36.7 Å². The second-order valence-electron chi connectivity index (χ2n) is 5.65. The number of rotatable bonds is 6. The minimum absolute atomic E-state index is 0.0286. The van der Waals surface area contributed by atoms with Gasteiger partial charge in [0.05, 0.1) is 26.2 Å². The van der Waals surface area contributed by atoms with Crippen LogP contribution in [0.3, 0.4) is 0 Å². The van der Waals surface area contributed by atoms with Crippen LogP contribution in [0.15, 0.2) is 24.3 Å². The maximum Gasteiger partial charge on any atom is 0.310 e. The van der Waals surface area contributed by atoms with Crippen molar-refractivity contribution >= 4 is 5.97 Å². The van der Waals surface area contributed by atoms with E-state index in [0.717, 1.165) is 5.56 Å². The number of aromatic nitrogens is 2. The monoisotopic (exact) mass is 330 g/mol. The number of hydrogen-bond acceptors (Lipinski definition) is 6. The summed E-state index contributed by atoms with van der Waals surface area (Å²) in [6, 6.07) is 7.77. The molecule has 0 unspecified atom stereocenters. The fourth-order valence-electron chi connectivity index (χ4n) is 2.22. The maximum atomic E-state index is 11.7. The smallest absolute Gasteiger partial charge is 0.310 e. The third-order valence-corrected chi connectivity index (χ3v) is 3.52. The van der Waals surface area contributed by atoms with E-state index in [1.54, 1.807) is 6.92 Å². The molecular weight excluding hydrogens is 308 g/mol. The van der Waals surface area contributed by atoms with Crippen LogP contribution < -0.4 is 9.47 Å². The molecule has 0 N–H and O–H groups in total. The Labute approximate surface area is 141 Å². The summed E-state index contributed by atoms with van der Waals surface area (Å²) >= 11 is 0. The largest absolute Gasteiger partial charge is 0.481 e. The Hall–Kier alpha value is -2.63. The summed E-state index contributed by atoms with van der Waals surface area (Å²) < 4.78 is 15.9. The highest BCUT2D eigenvalue weighted by molar-refractivity contribution is 5.74. The standard InChI is InChI=1S/C18H22N2O4/c1-11(2)13-7-6-8-14(9-13)24-18-15(10-16(21)22-4)17(23-5)19-12(3)20-18/h6-9,11H,10H2,1-5H3. The topological polar surface area (TPSA) is 70.5 Å². The van der Waals surface area contributed by atoms with Crippen molar-refractivity contribution in [2.24, 2.45) is 0 Å². The van der Waals surface area contributed by atoms with E-state index in [2.05, 4.69) is 23.8 Å². The molecule has 0 aliphatic rings. The zero-order valence-corrected chi connectivity index (χ0v) is 14.6. The Kier molecular flexibility index (Phi) is 5.73. The highest BCUT2D eigenvalue weighted by Crippen LogP contribution is 2.31. The first-order valence-corrected chi connectivity index (χ1v) is 7.70. The number of aryl methyl sites for hydroxylation is 1. The van der Waals surface area contributed by atoms with Crippen molar-refractivity contribution in [2.75, 3.05) is 14.2 Å². The van der Waals surface area contributed by atoms with Gasteiger partial charge in [-0.1, -0.05) is 26.0 Å². The molecule has 6 heteroatoms. The second kappa shape index (κ2) is 7.77. The molecule has 0 radical (unpaired) electrons. The lowest BCUT2D eigenvalue weighted by Gasteiger charge is -2.14. The number of nitrogens with zero attached hydrogens (tertiary/aromatic N) is 2. The molecule has 0 fully saturated rings. The first-order valence-electron chi connectivity index (χ1n) is 7.70. The Balaban J connectivity index is 2.42. The summed E-state index contributed by atoms with van der Waals surface area (Å²) in [7, 11) is 2.82. The van der Waals surface area contributed by atoms with E-state index in [9.17, 15) is 4.79 Å². The summed E-state index contributed by atoms with van der Waals surface area (Å²) in [5.41, 5.74) is 1.62. The van der Waals surface area contributed by atoms with Gasteiger partial charge in [0, 0.05) is 0 Å². The zero-order valence-electron chi connectivity index (χ0n) is 14.6. The molecule has 0 saturated heterocycles. The maximum absolute atomic E-state index is 11.7. The molecule has 0 spiro atoms.